The van der Waals surface area contributed by atoms with Crippen molar-refractivity contribution >= 4 is 17.4 Å². The first-order valence-corrected chi connectivity index (χ1v) is 8.01. The molecular formula is C17H25N5O. The van der Waals surface area contributed by atoms with Crippen LogP contribution in [0.1, 0.15) is 43.6 Å². The molecule has 23 heavy (non-hydrogen) atoms. The molecule has 6 nitrogen and oxygen atoms in total. The van der Waals surface area contributed by atoms with E-state index in [4.69, 9.17) is 0 Å². The molecule has 1 amide bonds. The molecule has 0 spiro atoms. The van der Waals surface area contributed by atoms with Crippen molar-refractivity contribution in [2.45, 2.75) is 40.5 Å². The van der Waals surface area contributed by atoms with Gasteiger partial charge in [0.25, 0.3) is 0 Å². The van der Waals surface area contributed by atoms with Gasteiger partial charge in [-0.1, -0.05) is 0 Å². The third-order valence-electron chi connectivity index (χ3n) is 4.11. The summed E-state index contributed by atoms with van der Waals surface area (Å²) in [5, 5.41) is 10.0. The predicted molar refractivity (Wildman–Crippen MR) is 92.9 cm³/mol. The van der Waals surface area contributed by atoms with Gasteiger partial charge in [0.2, 0.25) is 5.91 Å². The van der Waals surface area contributed by atoms with Crippen LogP contribution in [0.25, 0.3) is 0 Å². The summed E-state index contributed by atoms with van der Waals surface area (Å²) >= 11 is 0. The van der Waals surface area contributed by atoms with Crippen LogP contribution in [0.4, 0.5) is 11.5 Å². The second-order valence-electron chi connectivity index (χ2n) is 5.64. The highest BCUT2D eigenvalue weighted by Crippen LogP contribution is 2.23. The van der Waals surface area contributed by atoms with Crippen LogP contribution in [0, 0.1) is 13.8 Å². The van der Waals surface area contributed by atoms with E-state index in [-0.39, 0.29) is 11.8 Å². The quantitative estimate of drug-likeness (QED) is 0.859. The van der Waals surface area contributed by atoms with E-state index in [9.17, 15) is 4.79 Å². The minimum absolute atomic E-state index is 0.0602. The van der Waals surface area contributed by atoms with Crippen LogP contribution < -0.4 is 10.2 Å². The van der Waals surface area contributed by atoms with Gasteiger partial charge in [0, 0.05) is 24.3 Å². The number of anilines is 2. The Balaban J connectivity index is 2.08. The second-order valence-corrected chi connectivity index (χ2v) is 5.64. The van der Waals surface area contributed by atoms with Crippen molar-refractivity contribution in [2.75, 3.05) is 23.3 Å². The molecule has 2 aromatic rings. The molecule has 0 aliphatic rings. The molecule has 2 aromatic heterocycles. The maximum Gasteiger partial charge on any atom is 0.231 e. The fourth-order valence-electron chi connectivity index (χ4n) is 2.77. The van der Waals surface area contributed by atoms with Crippen molar-refractivity contribution in [1.29, 1.82) is 0 Å². The van der Waals surface area contributed by atoms with Crippen LogP contribution in [0.3, 0.4) is 0 Å². The lowest BCUT2D eigenvalue weighted by Crippen LogP contribution is -2.23. The summed E-state index contributed by atoms with van der Waals surface area (Å²) in [4.78, 5) is 19.0. The molecule has 2 rings (SSSR count). The molecule has 0 aromatic carbocycles. The standard InChI is InChI=1S/C17H25N5O/c1-6-22(7-2)15-9-8-14(10-18-15)19-17(23)11(3)16-12(4)20-21-13(16)5/h8-11H,6-7H2,1-5H3,(H,19,23)(H,20,21)/t11-/m0/s1. The van der Waals surface area contributed by atoms with E-state index in [1.807, 2.05) is 32.9 Å². The maximum atomic E-state index is 12.5. The van der Waals surface area contributed by atoms with Gasteiger partial charge in [-0.25, -0.2) is 4.98 Å². The molecule has 0 saturated carbocycles. The summed E-state index contributed by atoms with van der Waals surface area (Å²) in [6.45, 7) is 11.7. The Morgan fingerprint density at radius 1 is 1.30 bits per heavy atom. The van der Waals surface area contributed by atoms with Gasteiger partial charge in [-0.3, -0.25) is 9.89 Å². The molecule has 0 fully saturated rings. The van der Waals surface area contributed by atoms with E-state index in [1.165, 1.54) is 0 Å². The fourth-order valence-corrected chi connectivity index (χ4v) is 2.77. The lowest BCUT2D eigenvalue weighted by Gasteiger charge is -2.20. The normalized spacial score (nSPS) is 12.0. The molecular weight excluding hydrogens is 290 g/mol. The van der Waals surface area contributed by atoms with Crippen LogP contribution in [-0.2, 0) is 4.79 Å². The van der Waals surface area contributed by atoms with Crippen LogP contribution >= 0.6 is 0 Å². The SMILES string of the molecule is CCN(CC)c1ccc(NC(=O)[C@@H](C)c2c(C)n[nH]c2C)cn1. The monoisotopic (exact) mass is 315 g/mol. The second kappa shape index (κ2) is 7.26. The lowest BCUT2D eigenvalue weighted by atomic mass is 9.98. The number of aromatic amines is 1. The molecule has 0 radical (unpaired) electrons. The highest BCUT2D eigenvalue weighted by atomic mass is 16.1. The molecule has 2 N–H and O–H groups in total. The van der Waals surface area contributed by atoms with Gasteiger partial charge in [-0.2, -0.15) is 5.10 Å². The summed E-state index contributed by atoms with van der Waals surface area (Å²) in [5.41, 5.74) is 3.45. The van der Waals surface area contributed by atoms with Crippen LogP contribution in [0.15, 0.2) is 18.3 Å². The first-order valence-electron chi connectivity index (χ1n) is 8.01. The zero-order chi connectivity index (χ0) is 17.0. The largest absolute Gasteiger partial charge is 0.357 e. The minimum Gasteiger partial charge on any atom is -0.357 e. The number of nitrogens with zero attached hydrogens (tertiary/aromatic N) is 3. The first kappa shape index (κ1) is 17.0. The molecule has 0 saturated heterocycles. The van der Waals surface area contributed by atoms with E-state index in [2.05, 4.69) is 39.2 Å². The van der Waals surface area contributed by atoms with E-state index >= 15 is 0 Å². The minimum atomic E-state index is -0.267. The summed E-state index contributed by atoms with van der Waals surface area (Å²) in [7, 11) is 0. The smallest absolute Gasteiger partial charge is 0.231 e. The van der Waals surface area contributed by atoms with Gasteiger partial charge in [0.15, 0.2) is 0 Å². The number of H-pyrrole nitrogens is 1. The van der Waals surface area contributed by atoms with Crippen LogP contribution in [0.5, 0.6) is 0 Å². The third-order valence-corrected chi connectivity index (χ3v) is 4.11. The van der Waals surface area contributed by atoms with Gasteiger partial charge in [0.1, 0.15) is 5.82 Å². The van der Waals surface area contributed by atoms with E-state index in [0.29, 0.717) is 5.69 Å². The number of rotatable bonds is 6. The Kier molecular flexibility index (Phi) is 5.36. The number of carbonyl (C=O) groups is 1. The van der Waals surface area contributed by atoms with Crippen molar-refractivity contribution in [3.05, 3.63) is 35.3 Å². The Hall–Kier alpha value is -2.37. The number of carbonyl (C=O) groups excluding carboxylic acids is 1. The zero-order valence-corrected chi connectivity index (χ0v) is 14.5. The molecule has 124 valence electrons. The Bertz CT molecular complexity index is 639. The van der Waals surface area contributed by atoms with Crippen molar-refractivity contribution < 1.29 is 4.79 Å². The molecule has 0 aliphatic carbocycles. The lowest BCUT2D eigenvalue weighted by molar-refractivity contribution is -0.117. The first-order chi connectivity index (χ1) is 11.0. The summed E-state index contributed by atoms with van der Waals surface area (Å²) < 4.78 is 0. The van der Waals surface area contributed by atoms with E-state index in [1.54, 1.807) is 6.20 Å². The average molecular weight is 315 g/mol. The average Bonchev–Trinajstić information content (AvgIpc) is 2.88. The number of nitrogens with one attached hydrogen (secondary N) is 2. The highest BCUT2D eigenvalue weighted by Gasteiger charge is 2.21. The number of amides is 1. The van der Waals surface area contributed by atoms with Gasteiger partial charge >= 0.3 is 0 Å². The van der Waals surface area contributed by atoms with Crippen molar-refractivity contribution in [1.82, 2.24) is 15.2 Å². The van der Waals surface area contributed by atoms with Gasteiger partial charge in [-0.05, 0) is 46.8 Å². The molecule has 0 unspecified atom stereocenters. The van der Waals surface area contributed by atoms with Crippen molar-refractivity contribution in [3.63, 3.8) is 0 Å². The Morgan fingerprint density at radius 3 is 2.48 bits per heavy atom. The molecule has 1 atom stereocenters. The van der Waals surface area contributed by atoms with Crippen molar-refractivity contribution in [3.8, 4) is 0 Å². The highest BCUT2D eigenvalue weighted by molar-refractivity contribution is 5.95. The Morgan fingerprint density at radius 2 is 2.00 bits per heavy atom. The fraction of sp³-hybridized carbons (Fsp3) is 0.471. The van der Waals surface area contributed by atoms with Gasteiger partial charge in [-0.15, -0.1) is 0 Å². The number of aryl methyl sites for hydroxylation is 2. The van der Waals surface area contributed by atoms with Crippen molar-refractivity contribution in [2.24, 2.45) is 0 Å². The number of pyridine rings is 1. The van der Waals surface area contributed by atoms with E-state index in [0.717, 1.165) is 35.9 Å². The predicted octanol–water partition coefficient (Wildman–Crippen LogP) is 3.01. The molecule has 6 heteroatoms. The summed E-state index contributed by atoms with van der Waals surface area (Å²) in [6, 6.07) is 3.82. The summed E-state index contributed by atoms with van der Waals surface area (Å²) in [5.74, 6) is 0.591. The van der Waals surface area contributed by atoms with E-state index < -0.39 is 0 Å². The van der Waals surface area contributed by atoms with Gasteiger partial charge in [0.05, 0.1) is 23.5 Å². The van der Waals surface area contributed by atoms with Gasteiger partial charge < -0.3 is 10.2 Å². The molecule has 2 heterocycles. The van der Waals surface area contributed by atoms with Crippen LogP contribution in [-0.4, -0.2) is 34.2 Å². The summed E-state index contributed by atoms with van der Waals surface area (Å²) in [6.07, 6.45) is 1.70. The maximum absolute atomic E-state index is 12.5. The number of hydrogen-bond acceptors (Lipinski definition) is 4. The topological polar surface area (TPSA) is 73.9 Å². The molecule has 0 bridgehead atoms. The third kappa shape index (κ3) is 3.70. The number of aromatic nitrogens is 3. The number of hydrogen-bond donors (Lipinski definition) is 2. The zero-order valence-electron chi connectivity index (χ0n) is 14.5. The molecule has 0 aliphatic heterocycles. The Labute approximate surface area is 137 Å². The van der Waals surface area contributed by atoms with Crippen LogP contribution in [0.2, 0.25) is 0 Å².